The lowest BCUT2D eigenvalue weighted by molar-refractivity contribution is 0.991. The van der Waals surface area contributed by atoms with Crippen molar-refractivity contribution in [3.05, 3.63) is 59.9 Å². The van der Waals surface area contributed by atoms with E-state index >= 15 is 0 Å². The fraction of sp³-hybridized carbons (Fsp3) is 0.0625. The van der Waals surface area contributed by atoms with Gasteiger partial charge in [-0.25, -0.2) is 9.97 Å². The predicted octanol–water partition coefficient (Wildman–Crippen LogP) is 3.62. The lowest BCUT2D eigenvalue weighted by Crippen LogP contribution is -2.14. The van der Waals surface area contributed by atoms with E-state index in [4.69, 9.17) is 17.3 Å². The quantitative estimate of drug-likeness (QED) is 0.713. The first kappa shape index (κ1) is 15.1. The molecule has 0 radical (unpaired) electrons. The molecule has 0 amide bonds. The Morgan fingerprint density at radius 2 is 1.91 bits per heavy atom. The van der Waals surface area contributed by atoms with Crippen molar-refractivity contribution in [1.29, 1.82) is 0 Å². The van der Waals surface area contributed by atoms with Crippen LogP contribution in [0.5, 0.6) is 0 Å². The molecule has 3 N–H and O–H groups in total. The van der Waals surface area contributed by atoms with Crippen molar-refractivity contribution in [2.24, 2.45) is 0 Å². The molecule has 2 aromatic carbocycles. The highest BCUT2D eigenvalue weighted by Gasteiger charge is 2.09. The van der Waals surface area contributed by atoms with Gasteiger partial charge in [0.15, 0.2) is 0 Å². The van der Waals surface area contributed by atoms with E-state index < -0.39 is 0 Å². The fourth-order valence-corrected chi connectivity index (χ4v) is 2.24. The van der Waals surface area contributed by atoms with E-state index in [1.807, 2.05) is 60.5 Å². The highest BCUT2D eigenvalue weighted by molar-refractivity contribution is 6.30. The molecule has 0 aliphatic heterocycles. The van der Waals surface area contributed by atoms with Gasteiger partial charge >= 0.3 is 0 Å². The van der Waals surface area contributed by atoms with E-state index in [0.717, 1.165) is 11.4 Å². The zero-order valence-electron chi connectivity index (χ0n) is 12.4. The molecule has 1 aromatic heterocycles. The molecule has 6 nitrogen and oxygen atoms in total. The number of nitrogen functional groups attached to an aromatic ring is 1. The minimum absolute atomic E-state index is 0.439. The second kappa shape index (κ2) is 6.50. The standard InChI is InChI=1S/C16H15ClN6/c1-23(14-7-2-4-11(17)8-14)16-20-10-19-15(22-16)21-13-6-3-5-12(18)9-13/h2-10H,18H2,1H3,(H,19,20,21,22). The number of nitrogens with one attached hydrogen (secondary N) is 1. The Labute approximate surface area is 139 Å². The maximum atomic E-state index is 6.03. The molecule has 0 aliphatic carbocycles. The Balaban J connectivity index is 1.85. The van der Waals surface area contributed by atoms with Crippen LogP contribution in [0.2, 0.25) is 5.02 Å². The molecule has 0 aliphatic rings. The molecule has 0 bridgehead atoms. The molecule has 0 spiro atoms. The highest BCUT2D eigenvalue weighted by Crippen LogP contribution is 2.24. The summed E-state index contributed by atoms with van der Waals surface area (Å²) in [6.07, 6.45) is 1.46. The molecular weight excluding hydrogens is 312 g/mol. The van der Waals surface area contributed by atoms with Crippen molar-refractivity contribution in [3.63, 3.8) is 0 Å². The molecule has 0 saturated carbocycles. The molecule has 3 aromatic rings. The van der Waals surface area contributed by atoms with Crippen LogP contribution in [0.4, 0.5) is 29.0 Å². The highest BCUT2D eigenvalue weighted by atomic mass is 35.5. The Hall–Kier alpha value is -2.86. The van der Waals surface area contributed by atoms with Crippen LogP contribution in [0.1, 0.15) is 0 Å². The van der Waals surface area contributed by atoms with Gasteiger partial charge in [-0.05, 0) is 36.4 Å². The van der Waals surface area contributed by atoms with Gasteiger partial charge in [0.25, 0.3) is 0 Å². The SMILES string of the molecule is CN(c1cccc(Cl)c1)c1ncnc(Nc2cccc(N)c2)n1. The van der Waals surface area contributed by atoms with Gasteiger partial charge in [-0.2, -0.15) is 4.98 Å². The van der Waals surface area contributed by atoms with E-state index in [1.54, 1.807) is 0 Å². The topological polar surface area (TPSA) is 80.0 Å². The molecular formula is C16H15ClN6. The number of rotatable bonds is 4. The Bertz CT molecular complexity index is 823. The zero-order valence-corrected chi connectivity index (χ0v) is 13.2. The fourth-order valence-electron chi connectivity index (χ4n) is 2.06. The number of nitrogens with two attached hydrogens (primary N) is 1. The second-order valence-corrected chi connectivity index (χ2v) is 5.33. The van der Waals surface area contributed by atoms with Crippen molar-refractivity contribution < 1.29 is 0 Å². The first-order valence-electron chi connectivity index (χ1n) is 6.93. The first-order chi connectivity index (χ1) is 11.1. The van der Waals surface area contributed by atoms with Crippen LogP contribution < -0.4 is 16.0 Å². The number of aromatic nitrogens is 3. The van der Waals surface area contributed by atoms with Crippen LogP contribution in [0.3, 0.4) is 0 Å². The summed E-state index contributed by atoms with van der Waals surface area (Å²) in [6.45, 7) is 0. The van der Waals surface area contributed by atoms with Crippen LogP contribution >= 0.6 is 11.6 Å². The third-order valence-corrected chi connectivity index (χ3v) is 3.43. The molecule has 23 heavy (non-hydrogen) atoms. The Morgan fingerprint density at radius 1 is 1.09 bits per heavy atom. The van der Waals surface area contributed by atoms with Crippen LogP contribution in [0.25, 0.3) is 0 Å². The minimum Gasteiger partial charge on any atom is -0.399 e. The van der Waals surface area contributed by atoms with Gasteiger partial charge < -0.3 is 16.0 Å². The van der Waals surface area contributed by atoms with Gasteiger partial charge in [0, 0.05) is 29.1 Å². The smallest absolute Gasteiger partial charge is 0.234 e. The van der Waals surface area contributed by atoms with Crippen molar-refractivity contribution in [3.8, 4) is 0 Å². The normalized spacial score (nSPS) is 10.3. The van der Waals surface area contributed by atoms with Crippen molar-refractivity contribution in [2.75, 3.05) is 23.0 Å². The molecule has 0 fully saturated rings. The Morgan fingerprint density at radius 3 is 2.70 bits per heavy atom. The average molecular weight is 327 g/mol. The number of hydrogen-bond acceptors (Lipinski definition) is 6. The summed E-state index contributed by atoms with van der Waals surface area (Å²) in [5, 5.41) is 3.76. The van der Waals surface area contributed by atoms with Crippen LogP contribution in [-0.4, -0.2) is 22.0 Å². The molecule has 0 atom stereocenters. The summed E-state index contributed by atoms with van der Waals surface area (Å²) in [5.74, 6) is 0.947. The summed E-state index contributed by atoms with van der Waals surface area (Å²) < 4.78 is 0. The van der Waals surface area contributed by atoms with Crippen molar-refractivity contribution in [2.45, 2.75) is 0 Å². The van der Waals surface area contributed by atoms with Gasteiger partial charge in [0.2, 0.25) is 11.9 Å². The lowest BCUT2D eigenvalue weighted by atomic mass is 10.3. The summed E-state index contributed by atoms with van der Waals surface area (Å²) in [4.78, 5) is 14.6. The van der Waals surface area contributed by atoms with Crippen LogP contribution in [0, 0.1) is 0 Å². The molecule has 3 rings (SSSR count). The average Bonchev–Trinajstić information content (AvgIpc) is 2.54. The first-order valence-corrected chi connectivity index (χ1v) is 7.30. The van der Waals surface area contributed by atoms with E-state index in [-0.39, 0.29) is 0 Å². The van der Waals surface area contributed by atoms with Gasteiger partial charge in [0.05, 0.1) is 0 Å². The number of nitrogens with zero attached hydrogens (tertiary/aromatic N) is 4. The van der Waals surface area contributed by atoms with E-state index in [2.05, 4.69) is 20.3 Å². The number of benzene rings is 2. The maximum Gasteiger partial charge on any atom is 0.234 e. The number of anilines is 5. The monoisotopic (exact) mass is 326 g/mol. The largest absolute Gasteiger partial charge is 0.399 e. The third-order valence-electron chi connectivity index (χ3n) is 3.20. The molecule has 1 heterocycles. The van der Waals surface area contributed by atoms with E-state index in [9.17, 15) is 0 Å². The van der Waals surface area contributed by atoms with Gasteiger partial charge in [-0.15, -0.1) is 0 Å². The van der Waals surface area contributed by atoms with E-state index in [1.165, 1.54) is 6.33 Å². The Kier molecular flexibility index (Phi) is 4.25. The molecule has 0 unspecified atom stereocenters. The number of halogens is 1. The molecule has 7 heteroatoms. The summed E-state index contributed by atoms with van der Waals surface area (Å²) in [7, 11) is 1.87. The van der Waals surface area contributed by atoms with Crippen molar-refractivity contribution in [1.82, 2.24) is 15.0 Å². The van der Waals surface area contributed by atoms with E-state index in [0.29, 0.717) is 22.6 Å². The summed E-state index contributed by atoms with van der Waals surface area (Å²) in [5.41, 5.74) is 8.13. The lowest BCUT2D eigenvalue weighted by Gasteiger charge is -2.17. The maximum absolute atomic E-state index is 6.03. The summed E-state index contributed by atoms with van der Waals surface area (Å²) >= 11 is 6.03. The third kappa shape index (κ3) is 3.67. The van der Waals surface area contributed by atoms with Gasteiger partial charge in [0.1, 0.15) is 6.33 Å². The van der Waals surface area contributed by atoms with Gasteiger partial charge in [-0.3, -0.25) is 0 Å². The molecule has 116 valence electrons. The van der Waals surface area contributed by atoms with Crippen molar-refractivity contribution >= 4 is 40.6 Å². The van der Waals surface area contributed by atoms with Gasteiger partial charge in [-0.1, -0.05) is 23.7 Å². The second-order valence-electron chi connectivity index (χ2n) is 4.90. The summed E-state index contributed by atoms with van der Waals surface area (Å²) in [6, 6.07) is 14.8. The number of hydrogen-bond donors (Lipinski definition) is 2. The molecule has 0 saturated heterocycles. The van der Waals surface area contributed by atoms with Crippen LogP contribution in [-0.2, 0) is 0 Å². The zero-order chi connectivity index (χ0) is 16.2. The van der Waals surface area contributed by atoms with Crippen LogP contribution in [0.15, 0.2) is 54.9 Å². The minimum atomic E-state index is 0.439. The predicted molar refractivity (Wildman–Crippen MR) is 93.5 cm³/mol.